The van der Waals surface area contributed by atoms with Crippen LogP contribution in [-0.2, 0) is 56.1 Å². The second kappa shape index (κ2) is 53.4. The van der Waals surface area contributed by atoms with Crippen LogP contribution in [0.4, 0.5) is 0 Å². The minimum atomic E-state index is 0. The Morgan fingerprint density at radius 3 is 1.00 bits per heavy atom. The first-order valence-corrected chi connectivity index (χ1v) is 0. The standard InChI is InChI=1S/CH4.Al.B.Cr.Mn.Ti.3H/h1H4;;;;;;;;. The molecule has 0 saturated carbocycles. The number of rotatable bonds is 0. The molecule has 0 bridgehead atoms. The zero-order chi connectivity index (χ0) is 0. The van der Waals surface area contributed by atoms with E-state index in [0.717, 1.165) is 0 Å². The van der Waals surface area contributed by atoms with Crippen LogP contribution in [0.5, 0.6) is 0 Å². The molecule has 0 aromatic rings. The largest absolute Gasteiger partial charge is 0.187 e. The third-order valence-corrected chi connectivity index (χ3v) is 0. The summed E-state index contributed by atoms with van der Waals surface area (Å²) in [4.78, 5) is 0. The summed E-state index contributed by atoms with van der Waals surface area (Å²) in [5.74, 6) is 0. The van der Waals surface area contributed by atoms with Crippen LogP contribution in [-0.4, -0.2) is 25.8 Å². The summed E-state index contributed by atoms with van der Waals surface area (Å²) in [6, 6.07) is 0. The van der Waals surface area contributed by atoms with Crippen LogP contribution in [0.2, 0.25) is 0 Å². The summed E-state index contributed by atoms with van der Waals surface area (Å²) in [6.07, 6.45) is 0. The van der Waals surface area contributed by atoms with Crippen molar-refractivity contribution >= 4 is 25.8 Å². The van der Waals surface area contributed by atoms with Gasteiger partial charge in [-0.3, -0.25) is 0 Å². The summed E-state index contributed by atoms with van der Waals surface area (Å²) in [7, 11) is 0. The van der Waals surface area contributed by atoms with E-state index in [4.69, 9.17) is 0 Å². The van der Waals surface area contributed by atoms with Gasteiger partial charge in [0.25, 0.3) is 0 Å². The van der Waals surface area contributed by atoms with Crippen molar-refractivity contribution in [1.82, 2.24) is 0 Å². The molecule has 0 aromatic carbocycles. The van der Waals surface area contributed by atoms with E-state index in [1.165, 1.54) is 0 Å². The van der Waals surface area contributed by atoms with Crippen molar-refractivity contribution in [2.24, 2.45) is 0 Å². The van der Waals surface area contributed by atoms with Crippen LogP contribution < -0.4 is 0 Å². The minimum Gasteiger partial charge on any atom is -0.0776 e. The van der Waals surface area contributed by atoms with Gasteiger partial charge in [0, 0.05) is 64.6 Å². The molecule has 4 radical (unpaired) electrons. The Bertz CT molecular complexity index is 15.5. The van der Waals surface area contributed by atoms with Crippen molar-refractivity contribution in [3.05, 3.63) is 0 Å². The van der Waals surface area contributed by atoms with Gasteiger partial charge in [-0.25, -0.2) is 0 Å². The second-order valence-corrected chi connectivity index (χ2v) is 0. The molecule has 0 fully saturated rings. The van der Waals surface area contributed by atoms with Crippen LogP contribution in [0.25, 0.3) is 0 Å². The molecule has 0 heterocycles. The SMILES string of the molecule is C.[AlH3].[B].[Cr].[Mn].[Ti]. The van der Waals surface area contributed by atoms with Gasteiger partial charge in [0.05, 0.1) is 0 Å². The molecule has 5 heteroatoms. The van der Waals surface area contributed by atoms with Gasteiger partial charge in [0.15, 0.2) is 17.4 Å². The van der Waals surface area contributed by atoms with E-state index in [1.54, 1.807) is 0 Å². The van der Waals surface area contributed by atoms with E-state index in [1.807, 2.05) is 0 Å². The average Bonchev–Trinajstić information content (AvgIpc) is 0. The molecule has 34 valence electrons. The predicted octanol–water partition coefficient (Wildman–Crippen LogP) is -0.936. The monoisotopic (exact) mass is 212 g/mol. The average molecular weight is 212 g/mol. The molecule has 0 unspecified atom stereocenters. The molecule has 0 nitrogen and oxygen atoms in total. The van der Waals surface area contributed by atoms with Crippen LogP contribution in [0, 0.1) is 0 Å². The third kappa shape index (κ3) is 32.8. The molecule has 0 saturated heterocycles. The molecule has 0 atom stereocenters. The Morgan fingerprint density at radius 2 is 1.00 bits per heavy atom. The second-order valence-electron chi connectivity index (χ2n) is 0. The van der Waals surface area contributed by atoms with Crippen molar-refractivity contribution in [3.8, 4) is 0 Å². The summed E-state index contributed by atoms with van der Waals surface area (Å²) >= 11 is 0. The minimum absolute atomic E-state index is 0. The molecule has 0 aliphatic rings. The van der Waals surface area contributed by atoms with Crippen molar-refractivity contribution < 1.29 is 56.1 Å². The van der Waals surface area contributed by atoms with E-state index >= 15 is 0 Å². The first-order valence-electron chi connectivity index (χ1n) is 0. The van der Waals surface area contributed by atoms with Gasteiger partial charge in [0.2, 0.25) is 0 Å². The third-order valence-electron chi connectivity index (χ3n) is 0. The van der Waals surface area contributed by atoms with Crippen LogP contribution in [0.3, 0.4) is 0 Å². The molecule has 0 rings (SSSR count). The summed E-state index contributed by atoms with van der Waals surface area (Å²) in [5.41, 5.74) is 0. The number of hydrogen-bond acceptors (Lipinski definition) is 0. The Morgan fingerprint density at radius 1 is 1.00 bits per heavy atom. The fourth-order valence-corrected chi connectivity index (χ4v) is 0. The topological polar surface area (TPSA) is 0 Å². The van der Waals surface area contributed by atoms with E-state index < -0.39 is 0 Å². The van der Waals surface area contributed by atoms with Crippen LogP contribution >= 0.6 is 0 Å². The number of hydrogen-bond donors (Lipinski definition) is 0. The zero-order valence-corrected chi connectivity index (χ0v) is 5.88. The molecule has 0 amide bonds. The smallest absolute Gasteiger partial charge is 0.0776 e. The predicted molar refractivity (Wildman–Crippen MR) is 22.4 cm³/mol. The molecule has 0 N–H and O–H groups in total. The molecule has 0 aliphatic heterocycles. The summed E-state index contributed by atoms with van der Waals surface area (Å²) < 4.78 is 0. The van der Waals surface area contributed by atoms with Gasteiger partial charge >= 0.3 is 0 Å². The zero-order valence-electron chi connectivity index (χ0n) is 1.86. The van der Waals surface area contributed by atoms with Crippen molar-refractivity contribution in [1.29, 1.82) is 0 Å². The summed E-state index contributed by atoms with van der Waals surface area (Å²) in [6.45, 7) is 0. The normalized spacial score (nSPS) is 0. The fraction of sp³-hybridized carbons (Fsp3) is 1.00. The molecule has 0 spiro atoms. The fourth-order valence-electron chi connectivity index (χ4n) is 0. The van der Waals surface area contributed by atoms with E-state index in [0.29, 0.717) is 0 Å². The van der Waals surface area contributed by atoms with Crippen LogP contribution in [0.1, 0.15) is 7.43 Å². The molecule has 0 aromatic heterocycles. The van der Waals surface area contributed by atoms with Gasteiger partial charge in [-0.05, 0) is 0 Å². The Balaban J connectivity index is 0. The Hall–Kier alpha value is 2.36. The van der Waals surface area contributed by atoms with Gasteiger partial charge in [-0.1, -0.05) is 7.43 Å². The molecular formula is CH7AlBCrMnTi. The van der Waals surface area contributed by atoms with Crippen molar-refractivity contribution in [3.63, 3.8) is 0 Å². The van der Waals surface area contributed by atoms with Gasteiger partial charge in [-0.15, -0.1) is 0 Å². The van der Waals surface area contributed by atoms with E-state index in [9.17, 15) is 0 Å². The maximum atomic E-state index is 0. The van der Waals surface area contributed by atoms with Gasteiger partial charge in [0.1, 0.15) is 0 Å². The Kier molecular flexibility index (Phi) is 722. The quantitative estimate of drug-likeness (QED) is 0.454. The Labute approximate surface area is 88.4 Å². The van der Waals surface area contributed by atoms with Crippen molar-refractivity contribution in [2.45, 2.75) is 7.43 Å². The first-order chi connectivity index (χ1) is 0. The maximum absolute atomic E-state index is 0. The van der Waals surface area contributed by atoms with Gasteiger partial charge in [-0.2, -0.15) is 0 Å². The van der Waals surface area contributed by atoms with E-state index in [2.05, 4.69) is 0 Å². The van der Waals surface area contributed by atoms with Gasteiger partial charge < -0.3 is 0 Å². The van der Waals surface area contributed by atoms with Crippen molar-refractivity contribution in [2.75, 3.05) is 0 Å². The molecule has 6 heavy (non-hydrogen) atoms. The van der Waals surface area contributed by atoms with E-state index in [-0.39, 0.29) is 89.3 Å². The maximum Gasteiger partial charge on any atom is 0.187 e. The molecule has 0 aliphatic carbocycles. The molecular weight excluding hydrogens is 205 g/mol. The first kappa shape index (κ1) is 81.2. The summed E-state index contributed by atoms with van der Waals surface area (Å²) in [5, 5.41) is 0. The van der Waals surface area contributed by atoms with Crippen LogP contribution in [0.15, 0.2) is 0 Å².